The summed E-state index contributed by atoms with van der Waals surface area (Å²) in [6, 6.07) is 10.9. The molecule has 0 bridgehead atoms. The van der Waals surface area contributed by atoms with E-state index in [1.165, 1.54) is 16.6 Å². The fourth-order valence-electron chi connectivity index (χ4n) is 4.31. The number of benzene rings is 1. The maximum absolute atomic E-state index is 12.0. The number of imide groups is 1. The van der Waals surface area contributed by atoms with E-state index in [0.29, 0.717) is 41.3 Å². The van der Waals surface area contributed by atoms with Gasteiger partial charge in [0.2, 0.25) is 17.8 Å². The molecule has 2 aliphatic rings. The summed E-state index contributed by atoms with van der Waals surface area (Å²) in [5.74, 6) is 0.419. The molecule has 0 unspecified atom stereocenters. The van der Waals surface area contributed by atoms with E-state index >= 15 is 0 Å². The van der Waals surface area contributed by atoms with Crippen molar-refractivity contribution in [2.45, 2.75) is 38.8 Å². The highest BCUT2D eigenvalue weighted by molar-refractivity contribution is 6.15. The first-order valence-corrected chi connectivity index (χ1v) is 11.4. The summed E-state index contributed by atoms with van der Waals surface area (Å²) in [6.45, 7) is 3.51. The molecule has 2 amide bonds. The summed E-state index contributed by atoms with van der Waals surface area (Å²) in [6.07, 6.45) is 5.56. The van der Waals surface area contributed by atoms with Crippen LogP contribution in [0.2, 0.25) is 0 Å². The van der Waals surface area contributed by atoms with Gasteiger partial charge in [0.1, 0.15) is 0 Å². The zero-order valence-corrected chi connectivity index (χ0v) is 18.7. The summed E-state index contributed by atoms with van der Waals surface area (Å²) >= 11 is 0. The summed E-state index contributed by atoms with van der Waals surface area (Å²) in [7, 11) is 0. The average Bonchev–Trinajstić information content (AvgIpc) is 3.32. The molecule has 3 N–H and O–H groups in total. The number of para-hydroxylation sites is 1. The SMILES string of the molecule is Cc1cc2ccccc2n1CCNc1nc(NC2CC2)n2ncc(/C=C3\CC(=O)NC3=O)c2n1. The standard InChI is InChI=1S/C24H24N8O2/c1-14-10-15-4-2-3-5-19(15)31(14)9-8-25-23-29-21-17(11-16-12-20(33)28-22(16)34)13-26-32(21)24(30-23)27-18-6-7-18/h2-5,10-11,13,18H,6-9,12H2,1H3,(H,28,33,34)(H2,25,27,29,30)/b16-11+. The number of carbonyl (C=O) groups is 2. The monoisotopic (exact) mass is 456 g/mol. The van der Waals surface area contributed by atoms with Gasteiger partial charge in [-0.3, -0.25) is 14.9 Å². The van der Waals surface area contributed by atoms with Gasteiger partial charge in [-0.1, -0.05) is 18.2 Å². The second-order valence-electron chi connectivity index (χ2n) is 8.77. The van der Waals surface area contributed by atoms with Crippen LogP contribution in [-0.4, -0.2) is 48.6 Å². The van der Waals surface area contributed by atoms with Crippen molar-refractivity contribution in [1.29, 1.82) is 0 Å². The van der Waals surface area contributed by atoms with Gasteiger partial charge in [0.15, 0.2) is 5.65 Å². The van der Waals surface area contributed by atoms with E-state index in [-0.39, 0.29) is 18.2 Å². The van der Waals surface area contributed by atoms with Crippen LogP contribution in [0, 0.1) is 6.92 Å². The van der Waals surface area contributed by atoms with Crippen molar-refractivity contribution >= 4 is 46.3 Å². The van der Waals surface area contributed by atoms with E-state index in [0.717, 1.165) is 19.4 Å². The van der Waals surface area contributed by atoms with Crippen molar-refractivity contribution in [2.75, 3.05) is 17.2 Å². The molecule has 1 aliphatic carbocycles. The first-order chi connectivity index (χ1) is 16.5. The largest absolute Gasteiger partial charge is 0.352 e. The molecule has 2 fully saturated rings. The zero-order chi connectivity index (χ0) is 23.2. The molecule has 1 saturated heterocycles. The maximum Gasteiger partial charge on any atom is 0.254 e. The van der Waals surface area contributed by atoms with Crippen molar-refractivity contribution in [3.63, 3.8) is 0 Å². The number of aromatic nitrogens is 5. The van der Waals surface area contributed by atoms with Crippen LogP contribution in [0.5, 0.6) is 0 Å². The number of carbonyl (C=O) groups excluding carboxylic acids is 2. The number of fused-ring (bicyclic) bond motifs is 2. The summed E-state index contributed by atoms with van der Waals surface area (Å²) in [4.78, 5) is 32.9. The highest BCUT2D eigenvalue weighted by Gasteiger charge is 2.26. The number of nitrogens with zero attached hydrogens (tertiary/aromatic N) is 5. The first-order valence-electron chi connectivity index (χ1n) is 11.4. The lowest BCUT2D eigenvalue weighted by Crippen LogP contribution is -2.19. The van der Waals surface area contributed by atoms with E-state index in [9.17, 15) is 9.59 Å². The highest BCUT2D eigenvalue weighted by Crippen LogP contribution is 2.26. The van der Waals surface area contributed by atoms with Crippen molar-refractivity contribution < 1.29 is 9.59 Å². The molecule has 0 spiro atoms. The third kappa shape index (κ3) is 3.76. The zero-order valence-electron chi connectivity index (χ0n) is 18.7. The Labute approximate surface area is 195 Å². The highest BCUT2D eigenvalue weighted by atomic mass is 16.2. The number of nitrogens with one attached hydrogen (secondary N) is 3. The Bertz CT molecular complexity index is 1480. The average molecular weight is 457 g/mol. The Morgan fingerprint density at radius 2 is 2.06 bits per heavy atom. The smallest absolute Gasteiger partial charge is 0.254 e. The molecule has 0 radical (unpaired) electrons. The van der Waals surface area contributed by atoms with E-state index < -0.39 is 0 Å². The third-order valence-electron chi connectivity index (χ3n) is 6.17. The van der Waals surface area contributed by atoms with Gasteiger partial charge in [0.05, 0.1) is 12.6 Å². The van der Waals surface area contributed by atoms with Crippen LogP contribution in [-0.2, 0) is 16.1 Å². The van der Waals surface area contributed by atoms with Crippen LogP contribution in [0.1, 0.15) is 30.5 Å². The van der Waals surface area contributed by atoms with Gasteiger partial charge >= 0.3 is 0 Å². The van der Waals surface area contributed by atoms with Crippen molar-refractivity contribution in [1.82, 2.24) is 29.5 Å². The maximum atomic E-state index is 12.0. The molecule has 10 nitrogen and oxygen atoms in total. The molecule has 4 aromatic rings. The predicted octanol–water partition coefficient (Wildman–Crippen LogP) is 2.50. The van der Waals surface area contributed by atoms with Gasteiger partial charge in [0.25, 0.3) is 5.91 Å². The molecular weight excluding hydrogens is 432 g/mol. The van der Waals surface area contributed by atoms with Gasteiger partial charge in [-0.15, -0.1) is 0 Å². The Hall–Kier alpha value is -4.21. The fourth-order valence-corrected chi connectivity index (χ4v) is 4.31. The van der Waals surface area contributed by atoms with Gasteiger partial charge < -0.3 is 15.2 Å². The first kappa shape index (κ1) is 20.4. The summed E-state index contributed by atoms with van der Waals surface area (Å²) in [5.41, 5.74) is 4.03. The molecule has 34 heavy (non-hydrogen) atoms. The molecule has 1 saturated carbocycles. The third-order valence-corrected chi connectivity index (χ3v) is 6.17. The second-order valence-corrected chi connectivity index (χ2v) is 8.77. The minimum Gasteiger partial charge on any atom is -0.352 e. The number of hydrogen-bond donors (Lipinski definition) is 3. The molecule has 172 valence electrons. The van der Waals surface area contributed by atoms with Gasteiger partial charge in [-0.2, -0.15) is 19.6 Å². The predicted molar refractivity (Wildman–Crippen MR) is 128 cm³/mol. The topological polar surface area (TPSA) is 118 Å². The molecule has 6 rings (SSSR count). The van der Waals surface area contributed by atoms with Gasteiger partial charge in [-0.25, -0.2) is 0 Å². The van der Waals surface area contributed by atoms with Crippen LogP contribution in [0.25, 0.3) is 22.6 Å². The molecule has 10 heteroatoms. The number of hydrogen-bond acceptors (Lipinski definition) is 7. The lowest BCUT2D eigenvalue weighted by atomic mass is 10.1. The molecular formula is C24H24N8O2. The van der Waals surface area contributed by atoms with Crippen LogP contribution in [0.4, 0.5) is 11.9 Å². The Morgan fingerprint density at radius 3 is 2.85 bits per heavy atom. The van der Waals surface area contributed by atoms with Crippen molar-refractivity contribution in [3.8, 4) is 0 Å². The van der Waals surface area contributed by atoms with E-state index in [2.05, 4.69) is 60.7 Å². The van der Waals surface area contributed by atoms with E-state index in [1.54, 1.807) is 16.8 Å². The Balaban J connectivity index is 1.29. The lowest BCUT2D eigenvalue weighted by Gasteiger charge is -2.12. The number of anilines is 2. The molecule has 0 atom stereocenters. The van der Waals surface area contributed by atoms with Crippen molar-refractivity contribution in [2.24, 2.45) is 0 Å². The van der Waals surface area contributed by atoms with Gasteiger partial charge in [0, 0.05) is 41.5 Å². The Kier molecular flexibility index (Phi) is 4.79. The van der Waals surface area contributed by atoms with E-state index in [4.69, 9.17) is 0 Å². The number of amides is 2. The van der Waals surface area contributed by atoms with Crippen LogP contribution in [0.3, 0.4) is 0 Å². The fraction of sp³-hybridized carbons (Fsp3) is 0.292. The normalized spacial score (nSPS) is 17.1. The lowest BCUT2D eigenvalue weighted by molar-refractivity contribution is -0.124. The number of aryl methyl sites for hydroxylation is 1. The summed E-state index contributed by atoms with van der Waals surface area (Å²) in [5, 5.41) is 14.7. The molecule has 1 aromatic carbocycles. The molecule has 1 aliphatic heterocycles. The van der Waals surface area contributed by atoms with Crippen molar-refractivity contribution in [3.05, 3.63) is 53.4 Å². The van der Waals surface area contributed by atoms with Crippen LogP contribution < -0.4 is 16.0 Å². The number of rotatable bonds is 7. The van der Waals surface area contributed by atoms with Gasteiger partial charge in [-0.05, 0) is 43.4 Å². The van der Waals surface area contributed by atoms with Crippen LogP contribution >= 0.6 is 0 Å². The van der Waals surface area contributed by atoms with E-state index in [1.807, 2.05) is 12.1 Å². The molecule has 4 heterocycles. The minimum atomic E-state index is -0.373. The minimum absolute atomic E-state index is 0.0592. The quantitative estimate of drug-likeness (QED) is 0.289. The van der Waals surface area contributed by atoms with Crippen LogP contribution in [0.15, 0.2) is 42.1 Å². The summed E-state index contributed by atoms with van der Waals surface area (Å²) < 4.78 is 3.92. The Morgan fingerprint density at radius 1 is 1.21 bits per heavy atom. The second kappa shape index (κ2) is 7.98. The molecule has 3 aromatic heterocycles.